The van der Waals surface area contributed by atoms with Crippen LogP contribution in [0.3, 0.4) is 0 Å². The lowest BCUT2D eigenvalue weighted by molar-refractivity contribution is 0.150. The second kappa shape index (κ2) is 7.01. The van der Waals surface area contributed by atoms with Gasteiger partial charge in [0.15, 0.2) is 0 Å². The van der Waals surface area contributed by atoms with Crippen LogP contribution in [0.1, 0.15) is 44.7 Å². The summed E-state index contributed by atoms with van der Waals surface area (Å²) in [6, 6.07) is 14.4. The Labute approximate surface area is 178 Å². The molecule has 2 aromatic carbocycles. The number of hydrogen-bond donors (Lipinski definition) is 2. The van der Waals surface area contributed by atoms with Crippen molar-refractivity contribution >= 4 is 21.8 Å². The van der Waals surface area contributed by atoms with Crippen molar-refractivity contribution in [3.63, 3.8) is 0 Å². The lowest BCUT2D eigenvalue weighted by Gasteiger charge is -2.23. The van der Waals surface area contributed by atoms with Gasteiger partial charge >= 0.3 is 6.09 Å². The fraction of sp³-hybridized carbons (Fsp3) is 0.435. The van der Waals surface area contributed by atoms with Gasteiger partial charge in [-0.15, -0.1) is 0 Å². The van der Waals surface area contributed by atoms with Crippen LogP contribution in [0.15, 0.2) is 53.4 Å². The maximum absolute atomic E-state index is 12.8. The summed E-state index contributed by atoms with van der Waals surface area (Å²) in [7, 11) is -3.67. The van der Waals surface area contributed by atoms with E-state index in [0.717, 1.165) is 24.0 Å². The van der Waals surface area contributed by atoms with Gasteiger partial charge in [0.2, 0.25) is 0 Å². The summed E-state index contributed by atoms with van der Waals surface area (Å²) in [5.41, 5.74) is 2.59. The molecule has 1 saturated heterocycles. The predicted molar refractivity (Wildman–Crippen MR) is 116 cm³/mol. The van der Waals surface area contributed by atoms with Gasteiger partial charge in [-0.2, -0.15) is 0 Å². The van der Waals surface area contributed by atoms with Gasteiger partial charge in [0.1, 0.15) is 0 Å². The summed E-state index contributed by atoms with van der Waals surface area (Å²) in [5.74, 6) is 0.363. The first-order valence-electron chi connectivity index (χ1n) is 10.3. The Balaban J connectivity index is 1.48. The van der Waals surface area contributed by atoms with E-state index in [2.05, 4.69) is 25.5 Å². The molecule has 160 valence electrons. The molecule has 2 aliphatic rings. The monoisotopic (exact) mass is 428 g/mol. The number of fused-ring (bicyclic) bond motifs is 1. The maximum Gasteiger partial charge on any atom is 0.407 e. The van der Waals surface area contributed by atoms with Gasteiger partial charge in [-0.05, 0) is 59.6 Å². The van der Waals surface area contributed by atoms with Crippen molar-refractivity contribution in [3.05, 3.63) is 59.7 Å². The number of sulfonamides is 1. The number of hydrogen-bond acceptors (Lipinski definition) is 3. The molecule has 2 N–H and O–H groups in total. The SMILES string of the molecule is CCC(C)(C)c1ccc(S(=O)(=O)Nc2ccc([C@@]34C[C@@H]3CN(C(=O)O)C4)cc2)cc1. The third-order valence-electron chi connectivity index (χ3n) is 6.96. The third kappa shape index (κ3) is 3.55. The Morgan fingerprint density at radius 2 is 1.80 bits per heavy atom. The number of benzene rings is 2. The smallest absolute Gasteiger partial charge is 0.407 e. The first-order chi connectivity index (χ1) is 14.1. The van der Waals surface area contributed by atoms with Gasteiger partial charge in [-0.3, -0.25) is 4.72 Å². The van der Waals surface area contributed by atoms with E-state index in [-0.39, 0.29) is 15.7 Å². The first-order valence-corrected chi connectivity index (χ1v) is 11.8. The van der Waals surface area contributed by atoms with Crippen LogP contribution in [0.4, 0.5) is 10.5 Å². The van der Waals surface area contributed by atoms with E-state index >= 15 is 0 Å². The number of anilines is 1. The second-order valence-electron chi connectivity index (χ2n) is 9.16. The van der Waals surface area contributed by atoms with E-state index in [1.807, 2.05) is 24.3 Å². The molecule has 2 atom stereocenters. The average Bonchev–Trinajstić information content (AvgIpc) is 3.29. The number of amides is 1. The first kappa shape index (κ1) is 20.7. The van der Waals surface area contributed by atoms with Crippen LogP contribution >= 0.6 is 0 Å². The van der Waals surface area contributed by atoms with Crippen LogP contribution in [0.2, 0.25) is 0 Å². The molecule has 1 amide bonds. The number of carbonyl (C=O) groups is 1. The molecule has 0 bridgehead atoms. The molecule has 2 aromatic rings. The highest BCUT2D eigenvalue weighted by atomic mass is 32.2. The van der Waals surface area contributed by atoms with E-state index < -0.39 is 16.1 Å². The van der Waals surface area contributed by atoms with Crippen LogP contribution in [-0.4, -0.2) is 37.6 Å². The topological polar surface area (TPSA) is 86.7 Å². The fourth-order valence-electron chi connectivity index (χ4n) is 4.45. The molecule has 7 heteroatoms. The number of piperidine rings is 1. The Kier molecular flexibility index (Phi) is 4.84. The highest BCUT2D eigenvalue weighted by molar-refractivity contribution is 7.92. The minimum Gasteiger partial charge on any atom is -0.465 e. The largest absolute Gasteiger partial charge is 0.465 e. The molecule has 4 rings (SSSR count). The van der Waals surface area contributed by atoms with E-state index in [1.54, 1.807) is 24.3 Å². The Morgan fingerprint density at radius 1 is 1.17 bits per heavy atom. The Hall–Kier alpha value is -2.54. The molecule has 1 aliphatic heterocycles. The van der Waals surface area contributed by atoms with Gasteiger partial charge in [-0.1, -0.05) is 45.0 Å². The van der Waals surface area contributed by atoms with Crippen molar-refractivity contribution in [2.75, 3.05) is 17.8 Å². The zero-order chi connectivity index (χ0) is 21.7. The van der Waals surface area contributed by atoms with E-state index in [0.29, 0.717) is 24.7 Å². The summed E-state index contributed by atoms with van der Waals surface area (Å²) in [6.45, 7) is 7.48. The molecule has 0 spiro atoms. The quantitative estimate of drug-likeness (QED) is 0.713. The summed E-state index contributed by atoms with van der Waals surface area (Å²) in [6.07, 6.45) is 1.08. The summed E-state index contributed by atoms with van der Waals surface area (Å²) in [5, 5.41) is 9.22. The standard InChI is InChI=1S/C23H28N2O4S/c1-4-22(2,3)16-7-11-20(12-8-16)30(28,29)24-19-9-5-17(6-10-19)23-13-18(23)14-25(15-23)21(26)27/h5-12,18,24H,4,13-15H2,1-3H3,(H,26,27)/t18-,23+/m1/s1. The summed E-state index contributed by atoms with van der Waals surface area (Å²) in [4.78, 5) is 12.9. The molecule has 1 heterocycles. The number of nitrogens with zero attached hydrogens (tertiary/aromatic N) is 1. The van der Waals surface area contributed by atoms with Gasteiger partial charge < -0.3 is 10.0 Å². The molecule has 30 heavy (non-hydrogen) atoms. The van der Waals surface area contributed by atoms with Crippen LogP contribution in [0, 0.1) is 5.92 Å². The van der Waals surface area contributed by atoms with Gasteiger partial charge in [0, 0.05) is 24.2 Å². The van der Waals surface area contributed by atoms with Crippen LogP contribution < -0.4 is 4.72 Å². The van der Waals surface area contributed by atoms with E-state index in [9.17, 15) is 18.3 Å². The number of nitrogens with one attached hydrogen (secondary N) is 1. The van der Waals surface area contributed by atoms with Gasteiger partial charge in [0.05, 0.1) is 4.90 Å². The summed E-state index contributed by atoms with van der Waals surface area (Å²) >= 11 is 0. The lowest BCUT2D eigenvalue weighted by Crippen LogP contribution is -2.31. The van der Waals surface area contributed by atoms with Crippen molar-refractivity contribution in [1.82, 2.24) is 4.90 Å². The van der Waals surface area contributed by atoms with Crippen LogP contribution in [-0.2, 0) is 20.9 Å². The average molecular weight is 429 g/mol. The molecule has 0 aromatic heterocycles. The summed E-state index contributed by atoms with van der Waals surface area (Å²) < 4.78 is 28.2. The minimum absolute atomic E-state index is 0.00208. The fourth-order valence-corrected chi connectivity index (χ4v) is 5.51. The van der Waals surface area contributed by atoms with Crippen molar-refractivity contribution < 1.29 is 18.3 Å². The van der Waals surface area contributed by atoms with Crippen molar-refractivity contribution in [3.8, 4) is 0 Å². The third-order valence-corrected chi connectivity index (χ3v) is 8.36. The highest BCUT2D eigenvalue weighted by Gasteiger charge is 2.61. The highest BCUT2D eigenvalue weighted by Crippen LogP contribution is 2.59. The Bertz CT molecular complexity index is 1060. The molecule has 1 saturated carbocycles. The molecule has 0 unspecified atom stereocenters. The Morgan fingerprint density at radius 3 is 2.33 bits per heavy atom. The van der Waals surface area contributed by atoms with Crippen molar-refractivity contribution in [2.24, 2.45) is 5.92 Å². The van der Waals surface area contributed by atoms with E-state index in [4.69, 9.17) is 0 Å². The van der Waals surface area contributed by atoms with Crippen LogP contribution in [0.5, 0.6) is 0 Å². The second-order valence-corrected chi connectivity index (χ2v) is 10.8. The van der Waals surface area contributed by atoms with Crippen molar-refractivity contribution in [1.29, 1.82) is 0 Å². The normalized spacial score (nSPS) is 23.2. The number of rotatable bonds is 6. The molecule has 6 nitrogen and oxygen atoms in total. The molecule has 2 fully saturated rings. The molecular formula is C23H28N2O4S. The van der Waals surface area contributed by atoms with Gasteiger partial charge in [0.25, 0.3) is 10.0 Å². The maximum atomic E-state index is 12.8. The molecule has 0 radical (unpaired) electrons. The van der Waals surface area contributed by atoms with Crippen LogP contribution in [0.25, 0.3) is 0 Å². The zero-order valence-corrected chi connectivity index (χ0v) is 18.4. The molecular weight excluding hydrogens is 400 g/mol. The zero-order valence-electron chi connectivity index (χ0n) is 17.6. The number of carboxylic acid groups (broad SMARTS) is 1. The van der Waals surface area contributed by atoms with E-state index in [1.165, 1.54) is 4.90 Å². The predicted octanol–water partition coefficient (Wildman–Crippen LogP) is 4.43. The minimum atomic E-state index is -3.67. The molecule has 1 aliphatic carbocycles. The van der Waals surface area contributed by atoms with Gasteiger partial charge in [-0.25, -0.2) is 13.2 Å². The number of likely N-dealkylation sites (tertiary alicyclic amines) is 1. The lowest BCUT2D eigenvalue weighted by atomic mass is 9.82. The van der Waals surface area contributed by atoms with Crippen molar-refractivity contribution in [2.45, 2.75) is 49.3 Å².